The second-order valence-electron chi connectivity index (χ2n) is 6.03. The van der Waals surface area contributed by atoms with Crippen LogP contribution in [-0.2, 0) is 5.11 Å². The minimum absolute atomic E-state index is 0.217. The molecular formula is C17H22O2. The largest absolute Gasteiger partial charge is 0.489 e. The van der Waals surface area contributed by atoms with E-state index in [1.807, 2.05) is 24.3 Å². The van der Waals surface area contributed by atoms with Crippen molar-refractivity contribution in [1.82, 2.24) is 0 Å². The molecule has 19 heavy (non-hydrogen) atoms. The lowest BCUT2D eigenvalue weighted by atomic mass is 9.84. The second-order valence-corrected chi connectivity index (χ2v) is 6.03. The van der Waals surface area contributed by atoms with E-state index in [1.54, 1.807) is 0 Å². The topological polar surface area (TPSA) is 29.1 Å². The Morgan fingerprint density at radius 2 is 1.84 bits per heavy atom. The van der Waals surface area contributed by atoms with Crippen LogP contribution < -0.4 is 4.74 Å². The molecule has 102 valence electrons. The molecule has 2 fully saturated rings. The van der Waals surface area contributed by atoms with Crippen molar-refractivity contribution >= 4 is 0 Å². The fourth-order valence-electron chi connectivity index (χ4n) is 3.67. The van der Waals surface area contributed by atoms with E-state index >= 15 is 0 Å². The predicted molar refractivity (Wildman–Crippen MR) is 73.5 cm³/mol. The lowest BCUT2D eigenvalue weighted by molar-refractivity contribution is -0.00118. The van der Waals surface area contributed by atoms with E-state index in [0.717, 1.165) is 31.4 Å². The molecule has 4 unspecified atom stereocenters. The van der Waals surface area contributed by atoms with Crippen LogP contribution in [-0.4, -0.2) is 12.2 Å². The van der Waals surface area contributed by atoms with Crippen molar-refractivity contribution in [2.24, 2.45) is 11.8 Å². The average Bonchev–Trinajstić information content (AvgIpc) is 2.66. The maximum atomic E-state index is 12.2. The van der Waals surface area contributed by atoms with Gasteiger partial charge in [-0.2, -0.15) is 0 Å². The fourth-order valence-corrected chi connectivity index (χ4v) is 3.67. The minimum atomic E-state index is -0.370. The van der Waals surface area contributed by atoms with Crippen molar-refractivity contribution < 1.29 is 9.84 Å². The summed E-state index contributed by atoms with van der Waals surface area (Å²) in [6.07, 6.45) is 7.37. The van der Waals surface area contributed by atoms with Crippen LogP contribution in [0.15, 0.2) is 24.3 Å². The number of benzene rings is 1. The second kappa shape index (κ2) is 5.96. The summed E-state index contributed by atoms with van der Waals surface area (Å²) in [6, 6.07) is 10.9. The first-order valence-corrected chi connectivity index (χ1v) is 7.62. The maximum Gasteiger partial charge on any atom is 0.127 e. The van der Waals surface area contributed by atoms with Gasteiger partial charge in [0.1, 0.15) is 11.9 Å². The summed E-state index contributed by atoms with van der Waals surface area (Å²) in [6.45, 7) is 0. The Labute approximate surface area is 115 Å². The van der Waals surface area contributed by atoms with E-state index in [2.05, 4.69) is 6.07 Å². The van der Waals surface area contributed by atoms with Crippen molar-refractivity contribution in [2.75, 3.05) is 0 Å². The summed E-state index contributed by atoms with van der Waals surface area (Å²) < 4.78 is 6.13. The molecular weight excluding hydrogens is 236 g/mol. The highest BCUT2D eigenvalue weighted by Gasteiger charge is 2.34. The number of ether oxygens (including phenoxy) is 1. The summed E-state index contributed by atoms with van der Waals surface area (Å²) >= 11 is 0. The van der Waals surface area contributed by atoms with Gasteiger partial charge in [-0.05, 0) is 56.4 Å². The molecule has 2 bridgehead atoms. The van der Waals surface area contributed by atoms with Crippen LogP contribution in [0.5, 0.6) is 5.75 Å². The Morgan fingerprint density at radius 1 is 1.00 bits per heavy atom. The average molecular weight is 258 g/mol. The van der Waals surface area contributed by atoms with Gasteiger partial charge in [0.05, 0.1) is 6.10 Å². The fraction of sp³-hybridized carbons (Fsp3) is 0.647. The van der Waals surface area contributed by atoms with Crippen LogP contribution in [0, 0.1) is 17.9 Å². The highest BCUT2D eigenvalue weighted by atomic mass is 16.5. The smallest absolute Gasteiger partial charge is 0.127 e. The van der Waals surface area contributed by atoms with Crippen LogP contribution >= 0.6 is 0 Å². The van der Waals surface area contributed by atoms with Crippen LogP contribution in [0.25, 0.3) is 0 Å². The van der Waals surface area contributed by atoms with Crippen LogP contribution in [0.2, 0.25) is 0 Å². The van der Waals surface area contributed by atoms with E-state index in [1.165, 1.54) is 19.3 Å². The van der Waals surface area contributed by atoms with E-state index in [4.69, 9.17) is 4.74 Å². The van der Waals surface area contributed by atoms with Crippen LogP contribution in [0.1, 0.15) is 44.9 Å². The molecule has 0 heterocycles. The van der Waals surface area contributed by atoms with Gasteiger partial charge in [0, 0.05) is 6.07 Å². The van der Waals surface area contributed by atoms with Crippen LogP contribution in [0.4, 0.5) is 0 Å². The first kappa shape index (κ1) is 13.0. The van der Waals surface area contributed by atoms with Gasteiger partial charge in [-0.1, -0.05) is 24.6 Å². The van der Waals surface area contributed by atoms with Crippen molar-refractivity contribution in [1.29, 1.82) is 0 Å². The zero-order valence-corrected chi connectivity index (χ0v) is 11.4. The first-order valence-electron chi connectivity index (χ1n) is 7.62. The molecule has 0 spiro atoms. The Balaban J connectivity index is 1.72. The molecule has 2 saturated carbocycles. The molecule has 2 heteroatoms. The van der Waals surface area contributed by atoms with Crippen LogP contribution in [0.3, 0.4) is 0 Å². The molecule has 2 aliphatic rings. The zero-order valence-electron chi connectivity index (χ0n) is 11.4. The number of hydrogen-bond donors (Lipinski definition) is 0. The van der Waals surface area contributed by atoms with E-state index in [-0.39, 0.29) is 12.2 Å². The molecule has 0 saturated heterocycles. The molecule has 2 aliphatic carbocycles. The molecule has 1 aromatic rings. The van der Waals surface area contributed by atoms with Gasteiger partial charge in [0.2, 0.25) is 0 Å². The molecule has 0 amide bonds. The maximum absolute atomic E-state index is 12.2. The molecule has 3 rings (SSSR count). The van der Waals surface area contributed by atoms with Gasteiger partial charge < -0.3 is 4.74 Å². The van der Waals surface area contributed by atoms with E-state index in [9.17, 15) is 5.11 Å². The van der Waals surface area contributed by atoms with E-state index in [0.29, 0.717) is 11.8 Å². The third kappa shape index (κ3) is 3.11. The van der Waals surface area contributed by atoms with Crippen molar-refractivity contribution in [3.63, 3.8) is 0 Å². The molecule has 0 aliphatic heterocycles. The van der Waals surface area contributed by atoms with Gasteiger partial charge >= 0.3 is 0 Å². The highest BCUT2D eigenvalue weighted by Crippen LogP contribution is 2.37. The lowest BCUT2D eigenvalue weighted by Gasteiger charge is -2.30. The summed E-state index contributed by atoms with van der Waals surface area (Å²) in [7, 11) is 0. The summed E-state index contributed by atoms with van der Waals surface area (Å²) in [5.41, 5.74) is 0. The lowest BCUT2D eigenvalue weighted by Crippen LogP contribution is -2.31. The molecule has 2 radical (unpaired) electrons. The monoisotopic (exact) mass is 258 g/mol. The molecule has 2 nitrogen and oxygen atoms in total. The number of fused-ring (bicyclic) bond motifs is 3. The number of para-hydroxylation sites is 1. The summed E-state index contributed by atoms with van der Waals surface area (Å²) in [5.74, 6) is 1.89. The Kier molecular flexibility index (Phi) is 4.07. The van der Waals surface area contributed by atoms with E-state index < -0.39 is 0 Å². The normalized spacial score (nSPS) is 35.2. The summed E-state index contributed by atoms with van der Waals surface area (Å²) in [5, 5.41) is 12.2. The predicted octanol–water partition coefficient (Wildman–Crippen LogP) is 4.02. The number of rotatable bonds is 2. The molecule has 1 aromatic carbocycles. The van der Waals surface area contributed by atoms with Crippen molar-refractivity contribution in [3.8, 4) is 5.75 Å². The van der Waals surface area contributed by atoms with Gasteiger partial charge in [-0.3, -0.25) is 0 Å². The van der Waals surface area contributed by atoms with Gasteiger partial charge in [-0.15, -0.1) is 0 Å². The Morgan fingerprint density at radius 3 is 2.68 bits per heavy atom. The zero-order chi connectivity index (χ0) is 13.1. The molecule has 0 N–H and O–H groups in total. The quantitative estimate of drug-likeness (QED) is 0.787. The standard InChI is InChI=1S/C17H22O2/c18-16-11-12-17(19-15-7-2-1-3-8-15)14-6-4-5-13(16)9-10-14/h1-3,7,13-14,16-17H,4-6,9-12H2. The Hall–Kier alpha value is -1.02. The Bertz CT molecular complexity index is 390. The SMILES string of the molecule is [O]C1CCC(Oc2[c]cccc2)C2CCCC1CC2. The van der Waals surface area contributed by atoms with Gasteiger partial charge in [0.25, 0.3) is 0 Å². The first-order chi connectivity index (χ1) is 9.33. The van der Waals surface area contributed by atoms with Gasteiger partial charge in [0.15, 0.2) is 0 Å². The van der Waals surface area contributed by atoms with Crippen molar-refractivity contribution in [3.05, 3.63) is 30.3 Å². The summed E-state index contributed by atoms with van der Waals surface area (Å²) in [4.78, 5) is 0. The minimum Gasteiger partial charge on any atom is -0.489 e. The third-order valence-electron chi connectivity index (χ3n) is 4.80. The molecule has 0 aromatic heterocycles. The van der Waals surface area contributed by atoms with Crippen molar-refractivity contribution in [2.45, 2.75) is 57.2 Å². The highest BCUT2D eigenvalue weighted by molar-refractivity contribution is 5.19. The third-order valence-corrected chi connectivity index (χ3v) is 4.80. The van der Waals surface area contributed by atoms with Gasteiger partial charge in [-0.25, -0.2) is 5.11 Å². The molecule has 4 atom stereocenters. The number of hydrogen-bond acceptors (Lipinski definition) is 1.